The van der Waals surface area contributed by atoms with Crippen LogP contribution in [0.3, 0.4) is 0 Å². The van der Waals surface area contributed by atoms with Crippen LogP contribution >= 0.6 is 0 Å². The molecule has 24 heavy (non-hydrogen) atoms. The molecule has 0 spiro atoms. The van der Waals surface area contributed by atoms with Gasteiger partial charge in [-0.1, -0.05) is 0 Å². The van der Waals surface area contributed by atoms with Gasteiger partial charge in [0.05, 0.1) is 12.8 Å². The third kappa shape index (κ3) is 3.27. The largest absolute Gasteiger partial charge is 0.394 e. The van der Waals surface area contributed by atoms with Crippen LogP contribution in [0.2, 0.25) is 0 Å². The lowest BCUT2D eigenvalue weighted by Crippen LogP contribution is -2.60. The van der Waals surface area contributed by atoms with Gasteiger partial charge in [0.1, 0.15) is 31.1 Å². The van der Waals surface area contributed by atoms with Crippen molar-refractivity contribution in [2.24, 2.45) is 0 Å². The number of ether oxygens (including phenoxy) is 2. The predicted molar refractivity (Wildman–Crippen MR) is 75.6 cm³/mol. The SMILES string of the molecule is CCOCn1cc(F)c(=O)n([C@@H]2O[C@H](CO)[C@@H](O)[C@H](O)[C@H]2O)c1=O. The summed E-state index contributed by atoms with van der Waals surface area (Å²) < 4.78 is 25.0. The van der Waals surface area contributed by atoms with Crippen LogP contribution in [0.1, 0.15) is 13.2 Å². The minimum Gasteiger partial charge on any atom is -0.394 e. The van der Waals surface area contributed by atoms with Gasteiger partial charge in [-0.05, 0) is 6.92 Å². The highest BCUT2D eigenvalue weighted by molar-refractivity contribution is 4.96. The molecule has 2 rings (SSSR count). The maximum atomic E-state index is 13.8. The van der Waals surface area contributed by atoms with E-state index in [-0.39, 0.29) is 17.9 Å². The molecule has 0 aromatic carbocycles. The van der Waals surface area contributed by atoms with Crippen LogP contribution in [-0.4, -0.2) is 67.2 Å². The minimum atomic E-state index is -1.89. The molecule has 0 unspecified atom stereocenters. The number of rotatable bonds is 5. The first-order valence-corrected chi connectivity index (χ1v) is 7.23. The van der Waals surface area contributed by atoms with Crippen molar-refractivity contribution in [3.05, 3.63) is 32.9 Å². The average Bonchev–Trinajstić information content (AvgIpc) is 2.57. The molecule has 1 aromatic heterocycles. The van der Waals surface area contributed by atoms with E-state index >= 15 is 0 Å². The van der Waals surface area contributed by atoms with Crippen LogP contribution in [0.15, 0.2) is 15.8 Å². The Morgan fingerprint density at radius 3 is 2.50 bits per heavy atom. The predicted octanol–water partition coefficient (Wildman–Crippen LogP) is -2.88. The molecule has 0 bridgehead atoms. The van der Waals surface area contributed by atoms with Gasteiger partial charge in [-0.25, -0.2) is 9.36 Å². The van der Waals surface area contributed by atoms with Gasteiger partial charge in [-0.15, -0.1) is 0 Å². The summed E-state index contributed by atoms with van der Waals surface area (Å²) >= 11 is 0. The number of nitrogens with zero attached hydrogens (tertiary/aromatic N) is 2. The molecular weight excluding hydrogens is 331 g/mol. The fraction of sp³-hybridized carbons (Fsp3) is 0.692. The Morgan fingerprint density at radius 1 is 1.25 bits per heavy atom. The highest BCUT2D eigenvalue weighted by atomic mass is 19.1. The molecule has 1 aliphatic heterocycles. The smallest absolute Gasteiger partial charge is 0.335 e. The monoisotopic (exact) mass is 350 g/mol. The Bertz CT molecular complexity index is 688. The van der Waals surface area contributed by atoms with Crippen LogP contribution < -0.4 is 11.2 Å². The molecule has 0 radical (unpaired) electrons. The number of aliphatic hydroxyl groups excluding tert-OH is 4. The summed E-state index contributed by atoms with van der Waals surface area (Å²) in [5.74, 6) is -1.30. The standard InChI is InChI=1S/C13H19FN2O8/c1-2-23-5-15-3-6(14)11(21)16(13(15)22)12-10(20)9(19)8(18)7(4-17)24-12/h3,7-10,12,17-20H,2,4-5H2,1H3/t7-,8-,9+,10-,12-/m1/s1. The summed E-state index contributed by atoms with van der Waals surface area (Å²) in [5.41, 5.74) is -2.42. The minimum absolute atomic E-state index is 0.229. The molecule has 11 heteroatoms. The highest BCUT2D eigenvalue weighted by Gasteiger charge is 2.45. The molecule has 4 N–H and O–H groups in total. The van der Waals surface area contributed by atoms with Crippen molar-refractivity contribution in [3.8, 4) is 0 Å². The van der Waals surface area contributed by atoms with Gasteiger partial charge in [0.2, 0.25) is 5.82 Å². The Labute approximate surface area is 134 Å². The van der Waals surface area contributed by atoms with Crippen molar-refractivity contribution >= 4 is 0 Å². The number of aromatic nitrogens is 2. The fourth-order valence-electron chi connectivity index (χ4n) is 2.39. The Kier molecular flexibility index (Phi) is 5.85. The van der Waals surface area contributed by atoms with Gasteiger partial charge in [-0.2, -0.15) is 4.39 Å². The maximum Gasteiger partial charge on any atom is 0.335 e. The van der Waals surface area contributed by atoms with Crippen LogP contribution in [0, 0.1) is 5.82 Å². The Balaban J connectivity index is 2.52. The second-order valence-electron chi connectivity index (χ2n) is 5.25. The van der Waals surface area contributed by atoms with E-state index in [1.165, 1.54) is 0 Å². The zero-order valence-electron chi connectivity index (χ0n) is 12.8. The van der Waals surface area contributed by atoms with Gasteiger partial charge in [-0.3, -0.25) is 9.36 Å². The summed E-state index contributed by atoms with van der Waals surface area (Å²) in [6.45, 7) is 0.783. The lowest BCUT2D eigenvalue weighted by molar-refractivity contribution is -0.253. The van der Waals surface area contributed by atoms with Gasteiger partial charge in [0, 0.05) is 6.61 Å². The number of hydrogen-bond acceptors (Lipinski definition) is 8. The molecule has 0 aliphatic carbocycles. The fourth-order valence-corrected chi connectivity index (χ4v) is 2.39. The van der Waals surface area contributed by atoms with Crippen molar-refractivity contribution in [1.29, 1.82) is 0 Å². The molecule has 10 nitrogen and oxygen atoms in total. The van der Waals surface area contributed by atoms with Crippen molar-refractivity contribution < 1.29 is 34.3 Å². The van der Waals surface area contributed by atoms with E-state index in [0.717, 1.165) is 4.57 Å². The summed E-state index contributed by atoms with van der Waals surface area (Å²) in [7, 11) is 0. The summed E-state index contributed by atoms with van der Waals surface area (Å²) in [6.07, 6.45) is -7.85. The summed E-state index contributed by atoms with van der Waals surface area (Å²) in [5, 5.41) is 38.6. The Morgan fingerprint density at radius 2 is 1.92 bits per heavy atom. The number of halogens is 1. The molecule has 0 amide bonds. The van der Waals surface area contributed by atoms with Crippen molar-refractivity contribution in [3.63, 3.8) is 0 Å². The van der Waals surface area contributed by atoms with E-state index in [2.05, 4.69) is 0 Å². The van der Waals surface area contributed by atoms with Crippen LogP contribution in [0.5, 0.6) is 0 Å². The van der Waals surface area contributed by atoms with Crippen molar-refractivity contribution in [2.45, 2.75) is 44.3 Å². The normalized spacial score (nSPS) is 30.5. The zero-order valence-corrected chi connectivity index (χ0v) is 12.8. The van der Waals surface area contributed by atoms with Gasteiger partial charge >= 0.3 is 5.69 Å². The molecule has 1 aliphatic rings. The maximum absolute atomic E-state index is 13.8. The third-order valence-corrected chi connectivity index (χ3v) is 3.70. The number of hydrogen-bond donors (Lipinski definition) is 4. The topological polar surface area (TPSA) is 143 Å². The first kappa shape index (κ1) is 18.7. The summed E-state index contributed by atoms with van der Waals surface area (Å²) in [6, 6.07) is 0. The molecule has 0 saturated carbocycles. The molecule has 1 aromatic rings. The second-order valence-corrected chi connectivity index (χ2v) is 5.25. The van der Waals surface area contributed by atoms with Gasteiger partial charge < -0.3 is 29.9 Å². The lowest BCUT2D eigenvalue weighted by atomic mass is 9.98. The van der Waals surface area contributed by atoms with E-state index in [9.17, 15) is 29.3 Å². The van der Waals surface area contributed by atoms with E-state index in [4.69, 9.17) is 14.6 Å². The van der Waals surface area contributed by atoms with Crippen LogP contribution in [-0.2, 0) is 16.2 Å². The molecular formula is C13H19FN2O8. The summed E-state index contributed by atoms with van der Waals surface area (Å²) in [4.78, 5) is 24.3. The average molecular weight is 350 g/mol. The Hall–Kier alpha value is -1.63. The molecule has 1 fully saturated rings. The molecule has 2 heterocycles. The lowest BCUT2D eigenvalue weighted by Gasteiger charge is -2.40. The first-order chi connectivity index (χ1) is 11.3. The van der Waals surface area contributed by atoms with Crippen LogP contribution in [0.25, 0.3) is 0 Å². The van der Waals surface area contributed by atoms with Crippen LogP contribution in [0.4, 0.5) is 4.39 Å². The molecule has 5 atom stereocenters. The molecule has 136 valence electrons. The van der Waals surface area contributed by atoms with Gasteiger partial charge in [0.25, 0.3) is 5.56 Å². The quantitative estimate of drug-likeness (QED) is 0.443. The molecule has 1 saturated heterocycles. The second kappa shape index (κ2) is 7.51. The highest BCUT2D eigenvalue weighted by Crippen LogP contribution is 2.26. The van der Waals surface area contributed by atoms with E-state index in [0.29, 0.717) is 6.20 Å². The van der Waals surface area contributed by atoms with E-state index in [1.54, 1.807) is 6.92 Å². The zero-order chi connectivity index (χ0) is 18.0. The van der Waals surface area contributed by atoms with E-state index in [1.807, 2.05) is 0 Å². The third-order valence-electron chi connectivity index (χ3n) is 3.70. The van der Waals surface area contributed by atoms with E-state index < -0.39 is 54.3 Å². The van der Waals surface area contributed by atoms with Gasteiger partial charge in [0.15, 0.2) is 6.23 Å². The van der Waals surface area contributed by atoms with Crippen molar-refractivity contribution in [2.75, 3.05) is 13.2 Å². The number of aliphatic hydroxyl groups is 4. The first-order valence-electron chi connectivity index (χ1n) is 7.23. The van der Waals surface area contributed by atoms with Crippen molar-refractivity contribution in [1.82, 2.24) is 9.13 Å².